The Bertz CT molecular complexity index is 450. The number of carbonyl (C=O) groups is 2. The molecule has 0 saturated heterocycles. The smallest absolute Gasteiger partial charge is 0.251 e. The molecule has 4 heteroatoms. The third-order valence-electron chi connectivity index (χ3n) is 3.28. The molecule has 1 aromatic rings. The van der Waals surface area contributed by atoms with Crippen molar-refractivity contribution in [1.29, 1.82) is 0 Å². The van der Waals surface area contributed by atoms with Crippen LogP contribution in [0.3, 0.4) is 0 Å². The van der Waals surface area contributed by atoms with Gasteiger partial charge in [-0.2, -0.15) is 0 Å². The lowest BCUT2D eigenvalue weighted by atomic mass is 10.1. The van der Waals surface area contributed by atoms with Crippen LogP contribution in [0.25, 0.3) is 0 Å². The van der Waals surface area contributed by atoms with Crippen molar-refractivity contribution in [3.8, 4) is 0 Å². The van der Waals surface area contributed by atoms with Gasteiger partial charge in [0.05, 0.1) is 0 Å². The molecule has 0 atom stereocenters. The molecule has 0 aromatic heterocycles. The average molecular weight is 247 g/mol. The van der Waals surface area contributed by atoms with E-state index in [0.29, 0.717) is 11.1 Å². The zero-order chi connectivity index (χ0) is 13.0. The van der Waals surface area contributed by atoms with Crippen molar-refractivity contribution in [3.05, 3.63) is 35.4 Å². The highest BCUT2D eigenvalue weighted by molar-refractivity contribution is 6.01. The van der Waals surface area contributed by atoms with E-state index < -0.39 is 6.61 Å². The highest BCUT2D eigenvalue weighted by Gasteiger charge is 2.18. The first kappa shape index (κ1) is 12.8. The minimum Gasteiger partial charge on any atom is -0.388 e. The van der Waals surface area contributed by atoms with Gasteiger partial charge in [-0.15, -0.1) is 0 Å². The minimum absolute atomic E-state index is 0.144. The predicted molar refractivity (Wildman–Crippen MR) is 67.6 cm³/mol. The molecule has 1 aliphatic carbocycles. The van der Waals surface area contributed by atoms with Gasteiger partial charge in [0.2, 0.25) is 0 Å². The van der Waals surface area contributed by atoms with Crippen LogP contribution >= 0.6 is 0 Å². The zero-order valence-electron chi connectivity index (χ0n) is 10.2. The average Bonchev–Trinajstić information content (AvgIpc) is 2.90. The fraction of sp³-hybridized carbons (Fsp3) is 0.429. The van der Waals surface area contributed by atoms with Gasteiger partial charge in [-0.1, -0.05) is 25.0 Å². The quantitative estimate of drug-likeness (QED) is 0.793. The number of carbonyl (C=O) groups excluding carboxylic acids is 2. The first-order valence-electron chi connectivity index (χ1n) is 6.25. The lowest BCUT2D eigenvalue weighted by molar-refractivity contribution is 0.0903. The zero-order valence-corrected chi connectivity index (χ0v) is 10.2. The van der Waals surface area contributed by atoms with Crippen molar-refractivity contribution in [3.63, 3.8) is 0 Å². The van der Waals surface area contributed by atoms with Crippen molar-refractivity contribution in [2.45, 2.75) is 31.7 Å². The van der Waals surface area contributed by atoms with Crippen LogP contribution in [-0.4, -0.2) is 29.4 Å². The number of benzene rings is 1. The molecule has 0 unspecified atom stereocenters. The topological polar surface area (TPSA) is 66.4 Å². The van der Waals surface area contributed by atoms with Gasteiger partial charge in [0.15, 0.2) is 5.78 Å². The highest BCUT2D eigenvalue weighted by Crippen LogP contribution is 2.18. The summed E-state index contributed by atoms with van der Waals surface area (Å²) < 4.78 is 0. The fourth-order valence-corrected chi connectivity index (χ4v) is 2.26. The monoisotopic (exact) mass is 247 g/mol. The van der Waals surface area contributed by atoms with Crippen LogP contribution in [0.15, 0.2) is 24.3 Å². The maximum atomic E-state index is 12.0. The lowest BCUT2D eigenvalue weighted by Crippen LogP contribution is -2.32. The Labute approximate surface area is 106 Å². The summed E-state index contributed by atoms with van der Waals surface area (Å²) in [5.41, 5.74) is 0.845. The van der Waals surface area contributed by atoms with E-state index in [2.05, 4.69) is 5.32 Å². The molecule has 2 rings (SSSR count). The molecule has 96 valence electrons. The number of nitrogens with one attached hydrogen (secondary N) is 1. The van der Waals surface area contributed by atoms with Crippen molar-refractivity contribution in [2.75, 3.05) is 6.61 Å². The summed E-state index contributed by atoms with van der Waals surface area (Å²) in [6, 6.07) is 6.73. The van der Waals surface area contributed by atoms with Gasteiger partial charge in [0, 0.05) is 17.2 Å². The second-order valence-electron chi connectivity index (χ2n) is 4.62. The molecule has 2 N–H and O–H groups in total. The van der Waals surface area contributed by atoms with Crippen molar-refractivity contribution < 1.29 is 14.7 Å². The molecule has 1 aliphatic rings. The summed E-state index contributed by atoms with van der Waals surface area (Å²) in [5.74, 6) is -0.514. The van der Waals surface area contributed by atoms with Crippen molar-refractivity contribution in [1.82, 2.24) is 5.32 Å². The van der Waals surface area contributed by atoms with E-state index in [-0.39, 0.29) is 17.7 Å². The van der Waals surface area contributed by atoms with E-state index in [9.17, 15) is 9.59 Å². The minimum atomic E-state index is -0.534. The van der Waals surface area contributed by atoms with Crippen LogP contribution in [0.2, 0.25) is 0 Å². The molecule has 4 nitrogen and oxygen atoms in total. The fourth-order valence-electron chi connectivity index (χ4n) is 2.26. The van der Waals surface area contributed by atoms with Gasteiger partial charge in [-0.3, -0.25) is 9.59 Å². The molecule has 1 amide bonds. The molecular weight excluding hydrogens is 230 g/mol. The van der Waals surface area contributed by atoms with E-state index in [0.717, 1.165) is 25.7 Å². The molecule has 0 bridgehead atoms. The SMILES string of the molecule is O=C(CO)c1cccc(C(=O)NC2CCCC2)c1. The first-order valence-corrected chi connectivity index (χ1v) is 6.25. The number of hydrogen-bond acceptors (Lipinski definition) is 3. The van der Waals surface area contributed by atoms with E-state index in [1.165, 1.54) is 6.07 Å². The van der Waals surface area contributed by atoms with Crippen LogP contribution in [0.5, 0.6) is 0 Å². The van der Waals surface area contributed by atoms with Gasteiger partial charge >= 0.3 is 0 Å². The Morgan fingerprint density at radius 1 is 1.22 bits per heavy atom. The van der Waals surface area contributed by atoms with Crippen LogP contribution in [0.1, 0.15) is 46.4 Å². The molecule has 1 fully saturated rings. The number of Topliss-reactive ketones (excluding diaryl/α,β-unsaturated/α-hetero) is 1. The molecule has 18 heavy (non-hydrogen) atoms. The number of aliphatic hydroxyl groups excluding tert-OH is 1. The number of amides is 1. The Kier molecular flexibility index (Phi) is 4.10. The third kappa shape index (κ3) is 2.96. The second kappa shape index (κ2) is 5.78. The van der Waals surface area contributed by atoms with Gasteiger partial charge in [0.25, 0.3) is 5.91 Å². The van der Waals surface area contributed by atoms with Crippen LogP contribution in [0, 0.1) is 0 Å². The molecule has 0 heterocycles. The van der Waals surface area contributed by atoms with Crippen LogP contribution in [-0.2, 0) is 0 Å². The van der Waals surface area contributed by atoms with Gasteiger partial charge < -0.3 is 10.4 Å². The van der Waals surface area contributed by atoms with Gasteiger partial charge in [0.1, 0.15) is 6.61 Å². The summed E-state index contributed by atoms with van der Waals surface area (Å²) in [4.78, 5) is 23.3. The van der Waals surface area contributed by atoms with E-state index in [4.69, 9.17) is 5.11 Å². The maximum Gasteiger partial charge on any atom is 0.251 e. The Balaban J connectivity index is 2.07. The molecule has 1 saturated carbocycles. The van der Waals surface area contributed by atoms with E-state index >= 15 is 0 Å². The summed E-state index contributed by atoms with van der Waals surface area (Å²) in [6.07, 6.45) is 4.38. The third-order valence-corrected chi connectivity index (χ3v) is 3.28. The Morgan fingerprint density at radius 2 is 1.89 bits per heavy atom. The van der Waals surface area contributed by atoms with Crippen molar-refractivity contribution in [2.24, 2.45) is 0 Å². The van der Waals surface area contributed by atoms with Gasteiger partial charge in [-0.05, 0) is 25.0 Å². The normalized spacial score (nSPS) is 15.6. The highest BCUT2D eigenvalue weighted by atomic mass is 16.3. The van der Waals surface area contributed by atoms with Gasteiger partial charge in [-0.25, -0.2) is 0 Å². The summed E-state index contributed by atoms with van der Waals surface area (Å²) in [7, 11) is 0. The molecule has 0 spiro atoms. The Morgan fingerprint density at radius 3 is 2.56 bits per heavy atom. The summed E-state index contributed by atoms with van der Waals surface area (Å²) in [6.45, 7) is -0.534. The number of rotatable bonds is 4. The first-order chi connectivity index (χ1) is 8.70. The predicted octanol–water partition coefficient (Wildman–Crippen LogP) is 1.53. The number of ketones is 1. The summed E-state index contributed by atoms with van der Waals surface area (Å²) >= 11 is 0. The van der Waals surface area contributed by atoms with E-state index in [1.54, 1.807) is 18.2 Å². The van der Waals surface area contributed by atoms with Crippen molar-refractivity contribution >= 4 is 11.7 Å². The Hall–Kier alpha value is -1.68. The molecule has 0 radical (unpaired) electrons. The second-order valence-corrected chi connectivity index (χ2v) is 4.62. The van der Waals surface area contributed by atoms with Crippen LogP contribution in [0.4, 0.5) is 0 Å². The van der Waals surface area contributed by atoms with E-state index in [1.807, 2.05) is 0 Å². The molecular formula is C14H17NO3. The molecule has 1 aromatic carbocycles. The largest absolute Gasteiger partial charge is 0.388 e. The summed E-state index contributed by atoms with van der Waals surface area (Å²) in [5, 5.41) is 11.8. The van der Waals surface area contributed by atoms with Crippen LogP contribution < -0.4 is 5.32 Å². The standard InChI is InChI=1S/C14H17NO3/c16-9-13(17)10-4-3-5-11(8-10)14(18)15-12-6-1-2-7-12/h3-5,8,12,16H,1-2,6-7,9H2,(H,15,18). The lowest BCUT2D eigenvalue weighted by Gasteiger charge is -2.12. The number of aliphatic hydroxyl groups is 1. The maximum absolute atomic E-state index is 12.0. The number of hydrogen-bond donors (Lipinski definition) is 2. The molecule has 0 aliphatic heterocycles.